The minimum atomic E-state index is -1.55. The second-order valence-electron chi connectivity index (χ2n) is 5.41. The first-order valence-electron chi connectivity index (χ1n) is 7.47. The first kappa shape index (κ1) is 15.6. The van der Waals surface area contributed by atoms with Crippen LogP contribution in [-0.4, -0.2) is 24.0 Å². The van der Waals surface area contributed by atoms with E-state index in [1.54, 1.807) is 22.3 Å². The molecule has 1 aromatic carbocycles. The highest BCUT2D eigenvalue weighted by Crippen LogP contribution is 2.37. The summed E-state index contributed by atoms with van der Waals surface area (Å²) in [6.07, 6.45) is 0. The fourth-order valence-electron chi connectivity index (χ4n) is 2.60. The Morgan fingerprint density at radius 2 is 2.09 bits per heavy atom. The van der Waals surface area contributed by atoms with Crippen LogP contribution in [0.4, 0.5) is 5.69 Å². The molecule has 0 saturated carbocycles. The lowest BCUT2D eigenvalue weighted by Crippen LogP contribution is -2.62. The zero-order valence-corrected chi connectivity index (χ0v) is 13.9. The second kappa shape index (κ2) is 6.04. The molecule has 0 fully saturated rings. The molecule has 5 nitrogen and oxygen atoms in total. The summed E-state index contributed by atoms with van der Waals surface area (Å²) in [5.41, 5.74) is -0.856. The van der Waals surface area contributed by atoms with E-state index in [1.807, 2.05) is 42.6 Å². The molecule has 0 saturated heterocycles. The van der Waals surface area contributed by atoms with Crippen molar-refractivity contribution in [3.63, 3.8) is 0 Å². The lowest BCUT2D eigenvalue weighted by Gasteiger charge is -2.39. The molecule has 1 aliphatic rings. The number of likely N-dealkylation sites (N-methyl/N-ethyl adjacent to an activating group) is 1. The molecule has 6 heteroatoms. The summed E-state index contributed by atoms with van der Waals surface area (Å²) in [5.74, 6) is -0.228. The standard InChI is InChI=1S/C17H18N2O3S/c1-3-19-13-8-4-5-9-14(13)22-17(2,16(19)21)15(20)18-11-12-7-6-10-23-12/h4-10H,3,11H2,1-2H3,(H,18,20). The van der Waals surface area contributed by atoms with Crippen LogP contribution in [0.25, 0.3) is 0 Å². The van der Waals surface area contributed by atoms with Crippen molar-refractivity contribution >= 4 is 28.8 Å². The van der Waals surface area contributed by atoms with Crippen LogP contribution in [0.5, 0.6) is 5.75 Å². The molecule has 0 bridgehead atoms. The summed E-state index contributed by atoms with van der Waals surface area (Å²) in [4.78, 5) is 28.0. The van der Waals surface area contributed by atoms with Gasteiger partial charge >= 0.3 is 0 Å². The van der Waals surface area contributed by atoms with Crippen molar-refractivity contribution in [2.45, 2.75) is 26.0 Å². The number of hydrogen-bond acceptors (Lipinski definition) is 4. The molecular weight excluding hydrogens is 312 g/mol. The number of nitrogens with one attached hydrogen (secondary N) is 1. The minimum Gasteiger partial charge on any atom is -0.466 e. The fraction of sp³-hybridized carbons (Fsp3) is 0.294. The van der Waals surface area contributed by atoms with Gasteiger partial charge in [-0.25, -0.2) is 0 Å². The normalized spacial score (nSPS) is 19.9. The van der Waals surface area contributed by atoms with Crippen LogP contribution in [-0.2, 0) is 16.1 Å². The largest absolute Gasteiger partial charge is 0.466 e. The van der Waals surface area contributed by atoms with Crippen molar-refractivity contribution in [3.05, 3.63) is 46.7 Å². The van der Waals surface area contributed by atoms with Crippen LogP contribution in [0.3, 0.4) is 0 Å². The Morgan fingerprint density at radius 1 is 1.30 bits per heavy atom. The summed E-state index contributed by atoms with van der Waals surface area (Å²) >= 11 is 1.55. The van der Waals surface area contributed by atoms with Gasteiger partial charge < -0.3 is 15.0 Å². The van der Waals surface area contributed by atoms with E-state index >= 15 is 0 Å². The molecule has 2 heterocycles. The highest BCUT2D eigenvalue weighted by Gasteiger charge is 2.50. The Kier molecular flexibility index (Phi) is 4.09. The molecule has 2 amide bonds. The molecule has 23 heavy (non-hydrogen) atoms. The molecule has 1 unspecified atom stereocenters. The van der Waals surface area contributed by atoms with Gasteiger partial charge in [-0.1, -0.05) is 18.2 Å². The summed E-state index contributed by atoms with van der Waals surface area (Å²) in [6.45, 7) is 4.27. The van der Waals surface area contributed by atoms with E-state index in [1.165, 1.54) is 6.92 Å². The molecule has 1 aliphatic heterocycles. The molecule has 1 aromatic heterocycles. The number of fused-ring (bicyclic) bond motifs is 1. The number of anilines is 1. The van der Waals surface area contributed by atoms with E-state index < -0.39 is 11.5 Å². The number of nitrogens with zero attached hydrogens (tertiary/aromatic N) is 1. The summed E-state index contributed by atoms with van der Waals surface area (Å²) in [7, 11) is 0. The Balaban J connectivity index is 1.85. The van der Waals surface area contributed by atoms with Gasteiger partial charge in [0.2, 0.25) is 0 Å². The van der Waals surface area contributed by atoms with Gasteiger partial charge in [0.1, 0.15) is 5.75 Å². The van der Waals surface area contributed by atoms with E-state index in [4.69, 9.17) is 4.74 Å². The first-order chi connectivity index (χ1) is 11.1. The van der Waals surface area contributed by atoms with Crippen LogP contribution in [0, 0.1) is 0 Å². The minimum absolute atomic E-state index is 0.345. The average molecular weight is 330 g/mol. The van der Waals surface area contributed by atoms with Gasteiger partial charge in [0.05, 0.1) is 12.2 Å². The number of carbonyl (C=O) groups is 2. The van der Waals surface area contributed by atoms with Gasteiger partial charge in [-0.2, -0.15) is 0 Å². The first-order valence-corrected chi connectivity index (χ1v) is 8.35. The zero-order chi connectivity index (χ0) is 16.4. The van der Waals surface area contributed by atoms with E-state index in [9.17, 15) is 9.59 Å². The number of carbonyl (C=O) groups excluding carboxylic acids is 2. The second-order valence-corrected chi connectivity index (χ2v) is 6.45. The third-order valence-corrected chi connectivity index (χ3v) is 4.75. The number of rotatable bonds is 4. The van der Waals surface area contributed by atoms with Crippen LogP contribution in [0.1, 0.15) is 18.7 Å². The van der Waals surface area contributed by atoms with Crippen molar-refractivity contribution in [3.8, 4) is 5.75 Å². The van der Waals surface area contributed by atoms with Crippen molar-refractivity contribution in [2.24, 2.45) is 0 Å². The zero-order valence-electron chi connectivity index (χ0n) is 13.0. The van der Waals surface area contributed by atoms with Crippen molar-refractivity contribution in [1.29, 1.82) is 0 Å². The maximum Gasteiger partial charge on any atom is 0.280 e. The van der Waals surface area contributed by atoms with Crippen LogP contribution < -0.4 is 15.0 Å². The summed E-state index contributed by atoms with van der Waals surface area (Å²) in [5, 5.41) is 4.75. The van der Waals surface area contributed by atoms with E-state index in [0.29, 0.717) is 24.5 Å². The average Bonchev–Trinajstić information content (AvgIpc) is 3.07. The number of hydrogen-bond donors (Lipinski definition) is 1. The van der Waals surface area contributed by atoms with E-state index in [-0.39, 0.29) is 5.91 Å². The molecular formula is C17H18N2O3S. The Morgan fingerprint density at radius 3 is 2.78 bits per heavy atom. The van der Waals surface area contributed by atoms with E-state index in [0.717, 1.165) is 4.88 Å². The van der Waals surface area contributed by atoms with Crippen molar-refractivity contribution < 1.29 is 14.3 Å². The van der Waals surface area contributed by atoms with E-state index in [2.05, 4.69) is 5.32 Å². The SMILES string of the molecule is CCN1C(=O)C(C)(C(=O)NCc2cccs2)Oc2ccccc21. The maximum atomic E-state index is 12.8. The molecule has 120 valence electrons. The van der Waals surface area contributed by atoms with Gasteiger partial charge in [-0.3, -0.25) is 9.59 Å². The molecule has 0 radical (unpaired) electrons. The molecule has 3 rings (SSSR count). The smallest absolute Gasteiger partial charge is 0.280 e. The molecule has 0 spiro atoms. The van der Waals surface area contributed by atoms with Gasteiger partial charge in [-0.05, 0) is 37.4 Å². The molecule has 2 aromatic rings. The maximum absolute atomic E-state index is 12.8. The Hall–Kier alpha value is -2.34. The number of para-hydroxylation sites is 2. The van der Waals surface area contributed by atoms with Crippen molar-refractivity contribution in [2.75, 3.05) is 11.4 Å². The van der Waals surface area contributed by atoms with Crippen LogP contribution >= 0.6 is 11.3 Å². The number of amides is 2. The van der Waals surface area contributed by atoms with Gasteiger partial charge in [0.15, 0.2) is 0 Å². The molecule has 1 atom stereocenters. The molecule has 1 N–H and O–H groups in total. The monoisotopic (exact) mass is 330 g/mol. The number of thiophene rings is 1. The Bertz CT molecular complexity index is 729. The number of ether oxygens (including phenoxy) is 1. The van der Waals surface area contributed by atoms with Gasteiger partial charge in [0.25, 0.3) is 17.4 Å². The summed E-state index contributed by atoms with van der Waals surface area (Å²) < 4.78 is 5.80. The quantitative estimate of drug-likeness (QED) is 0.877. The fourth-order valence-corrected chi connectivity index (χ4v) is 3.25. The van der Waals surface area contributed by atoms with Crippen LogP contribution in [0.15, 0.2) is 41.8 Å². The lowest BCUT2D eigenvalue weighted by atomic mass is 10.00. The van der Waals surface area contributed by atoms with Gasteiger partial charge in [0, 0.05) is 11.4 Å². The Labute approximate surface area is 138 Å². The highest BCUT2D eigenvalue weighted by atomic mass is 32.1. The highest BCUT2D eigenvalue weighted by molar-refractivity contribution is 7.09. The predicted octanol–water partition coefficient (Wildman–Crippen LogP) is 2.57. The topological polar surface area (TPSA) is 58.6 Å². The third kappa shape index (κ3) is 2.70. The lowest BCUT2D eigenvalue weighted by molar-refractivity contribution is -0.148. The molecule has 0 aliphatic carbocycles. The predicted molar refractivity (Wildman–Crippen MR) is 89.7 cm³/mol. The number of benzene rings is 1. The third-order valence-electron chi connectivity index (χ3n) is 3.88. The van der Waals surface area contributed by atoms with Crippen molar-refractivity contribution in [1.82, 2.24) is 5.32 Å². The van der Waals surface area contributed by atoms with Crippen LogP contribution in [0.2, 0.25) is 0 Å². The summed E-state index contributed by atoms with van der Waals surface area (Å²) in [6, 6.07) is 11.1. The van der Waals surface area contributed by atoms with Gasteiger partial charge in [-0.15, -0.1) is 11.3 Å².